The van der Waals surface area contributed by atoms with Crippen LogP contribution in [0.15, 0.2) is 30.3 Å². The second kappa shape index (κ2) is 19.0. The number of amides is 5. The molecule has 0 heterocycles. The van der Waals surface area contributed by atoms with Crippen molar-refractivity contribution in [3.8, 4) is 0 Å². The van der Waals surface area contributed by atoms with E-state index >= 15 is 0 Å². The molecule has 1 rings (SSSR count). The number of carboxylic acid groups (broad SMARTS) is 1. The van der Waals surface area contributed by atoms with E-state index < -0.39 is 83.6 Å². The standard InChI is InChI=1S/C34H56N6O7/c1-17(2)24(35)29(41)37-26(19(5)6)31(43)39-28(21(9)10)33(45)40-27(20(7)8)32(44)38-25(18(3)4)30(42)36-23(34(46)47)16-22-14-12-11-13-15-22/h11-15,17-21,23-28H,16,35H2,1-10H3,(H,36,42)(H,37,41)(H,38,44)(H,39,43)(H,40,45)(H,46,47)/t23-,24+,25+,26-,27+,28+/m0/s1. The fourth-order valence-electron chi connectivity index (χ4n) is 4.73. The molecule has 0 spiro atoms. The zero-order valence-corrected chi connectivity index (χ0v) is 29.4. The molecule has 8 N–H and O–H groups in total. The number of hydrogen-bond donors (Lipinski definition) is 7. The molecule has 1 aromatic rings. The molecule has 5 amide bonds. The third kappa shape index (κ3) is 13.0. The highest BCUT2D eigenvalue weighted by atomic mass is 16.4. The molecule has 13 heteroatoms. The van der Waals surface area contributed by atoms with Crippen molar-refractivity contribution in [1.82, 2.24) is 26.6 Å². The molecule has 0 radical (unpaired) electrons. The summed E-state index contributed by atoms with van der Waals surface area (Å²) in [5.74, 6) is -5.85. The lowest BCUT2D eigenvalue weighted by atomic mass is 9.96. The first-order valence-corrected chi connectivity index (χ1v) is 16.3. The van der Waals surface area contributed by atoms with Gasteiger partial charge in [0.05, 0.1) is 6.04 Å². The summed E-state index contributed by atoms with van der Waals surface area (Å²) in [6.45, 7) is 17.5. The van der Waals surface area contributed by atoms with Crippen molar-refractivity contribution in [1.29, 1.82) is 0 Å². The van der Waals surface area contributed by atoms with Gasteiger partial charge in [-0.3, -0.25) is 24.0 Å². The summed E-state index contributed by atoms with van der Waals surface area (Å²) in [4.78, 5) is 78.2. The molecule has 0 aromatic heterocycles. The van der Waals surface area contributed by atoms with Crippen LogP contribution in [0, 0.1) is 29.6 Å². The average Bonchev–Trinajstić information content (AvgIpc) is 2.98. The molecule has 47 heavy (non-hydrogen) atoms. The van der Waals surface area contributed by atoms with E-state index in [0.717, 1.165) is 5.56 Å². The van der Waals surface area contributed by atoms with E-state index in [-0.39, 0.29) is 24.2 Å². The fourth-order valence-corrected chi connectivity index (χ4v) is 4.73. The van der Waals surface area contributed by atoms with Crippen LogP contribution in [0.5, 0.6) is 0 Å². The number of carbonyl (C=O) groups excluding carboxylic acids is 5. The number of nitrogens with one attached hydrogen (secondary N) is 5. The maximum atomic E-state index is 13.5. The van der Waals surface area contributed by atoms with Crippen molar-refractivity contribution in [2.45, 2.75) is 112 Å². The lowest BCUT2D eigenvalue weighted by Gasteiger charge is -2.31. The van der Waals surface area contributed by atoms with Crippen LogP contribution in [0.4, 0.5) is 0 Å². The van der Waals surface area contributed by atoms with Gasteiger partial charge in [-0.05, 0) is 35.2 Å². The van der Waals surface area contributed by atoms with Gasteiger partial charge in [0.15, 0.2) is 0 Å². The third-order valence-electron chi connectivity index (χ3n) is 7.91. The van der Waals surface area contributed by atoms with Crippen molar-refractivity contribution in [2.24, 2.45) is 35.3 Å². The van der Waals surface area contributed by atoms with E-state index in [9.17, 15) is 33.9 Å². The Morgan fingerprint density at radius 2 is 0.851 bits per heavy atom. The molecule has 0 aliphatic heterocycles. The Hall–Kier alpha value is -4.00. The van der Waals surface area contributed by atoms with Crippen LogP contribution in [-0.2, 0) is 35.2 Å². The van der Waals surface area contributed by atoms with Gasteiger partial charge in [0.2, 0.25) is 29.5 Å². The van der Waals surface area contributed by atoms with Crippen LogP contribution in [0.3, 0.4) is 0 Å². The van der Waals surface area contributed by atoms with Gasteiger partial charge >= 0.3 is 5.97 Å². The van der Waals surface area contributed by atoms with Gasteiger partial charge in [-0.1, -0.05) is 99.6 Å². The summed E-state index contributed by atoms with van der Waals surface area (Å²) in [6.07, 6.45) is 0.0551. The highest BCUT2D eigenvalue weighted by Crippen LogP contribution is 2.12. The molecule has 0 aliphatic rings. The first kappa shape index (κ1) is 41.0. The summed E-state index contributed by atoms with van der Waals surface area (Å²) in [7, 11) is 0. The number of benzene rings is 1. The third-order valence-corrected chi connectivity index (χ3v) is 7.91. The monoisotopic (exact) mass is 660 g/mol. The van der Waals surface area contributed by atoms with Crippen molar-refractivity contribution in [3.63, 3.8) is 0 Å². The van der Waals surface area contributed by atoms with Crippen LogP contribution in [0.2, 0.25) is 0 Å². The number of carboxylic acids is 1. The summed E-state index contributed by atoms with van der Waals surface area (Å²) in [5, 5.41) is 23.1. The molecule has 0 bridgehead atoms. The Balaban J connectivity index is 3.09. The second-order valence-electron chi connectivity index (χ2n) is 13.8. The zero-order chi connectivity index (χ0) is 36.2. The average molecular weight is 661 g/mol. The molecule has 0 saturated heterocycles. The SMILES string of the molecule is CC(C)[C@H](NC(=O)[C@H](N)C(C)C)C(=O)N[C@@H](C(=O)N[C@@H](C(=O)N[C@@H](C(=O)N[C@@H](Cc1ccccc1)C(=O)O)C(C)C)C(C)C)C(C)C. The maximum absolute atomic E-state index is 13.5. The van der Waals surface area contributed by atoms with Crippen molar-refractivity contribution < 1.29 is 33.9 Å². The van der Waals surface area contributed by atoms with Crippen LogP contribution in [0.25, 0.3) is 0 Å². The van der Waals surface area contributed by atoms with Gasteiger partial charge in [0.25, 0.3) is 0 Å². The number of rotatable bonds is 18. The van der Waals surface area contributed by atoms with E-state index in [1.165, 1.54) is 0 Å². The van der Waals surface area contributed by atoms with Gasteiger partial charge < -0.3 is 37.4 Å². The van der Waals surface area contributed by atoms with E-state index in [4.69, 9.17) is 5.73 Å². The first-order chi connectivity index (χ1) is 21.8. The topological polar surface area (TPSA) is 209 Å². The van der Waals surface area contributed by atoms with Gasteiger partial charge in [-0.15, -0.1) is 0 Å². The summed E-state index contributed by atoms with van der Waals surface area (Å²) < 4.78 is 0. The van der Waals surface area contributed by atoms with Gasteiger partial charge in [0.1, 0.15) is 30.2 Å². The van der Waals surface area contributed by atoms with E-state index in [0.29, 0.717) is 0 Å². The highest BCUT2D eigenvalue weighted by Gasteiger charge is 2.36. The van der Waals surface area contributed by atoms with Crippen molar-refractivity contribution in [3.05, 3.63) is 35.9 Å². The molecule has 0 fully saturated rings. The molecule has 0 unspecified atom stereocenters. The smallest absolute Gasteiger partial charge is 0.326 e. The molecule has 13 nitrogen and oxygen atoms in total. The minimum Gasteiger partial charge on any atom is -0.480 e. The van der Waals surface area contributed by atoms with Crippen LogP contribution in [-0.4, -0.2) is 76.9 Å². The highest BCUT2D eigenvalue weighted by molar-refractivity contribution is 5.96. The Kier molecular flexibility index (Phi) is 16.6. The molecular weight excluding hydrogens is 604 g/mol. The minimum atomic E-state index is -1.22. The predicted molar refractivity (Wildman–Crippen MR) is 180 cm³/mol. The normalized spacial score (nSPS) is 15.4. The quantitative estimate of drug-likeness (QED) is 0.122. The molecule has 0 saturated carbocycles. The Morgan fingerprint density at radius 3 is 1.15 bits per heavy atom. The van der Waals surface area contributed by atoms with Crippen molar-refractivity contribution >= 4 is 35.5 Å². The Morgan fingerprint density at radius 1 is 0.532 bits per heavy atom. The molecule has 264 valence electrons. The Labute approximate surface area is 279 Å². The first-order valence-electron chi connectivity index (χ1n) is 16.3. The summed E-state index contributed by atoms with van der Waals surface area (Å²) in [5.41, 5.74) is 6.68. The number of hydrogen-bond acceptors (Lipinski definition) is 7. The van der Waals surface area contributed by atoms with Crippen molar-refractivity contribution in [2.75, 3.05) is 0 Å². The van der Waals surface area contributed by atoms with E-state index in [1.807, 2.05) is 0 Å². The zero-order valence-electron chi connectivity index (χ0n) is 29.4. The minimum absolute atomic E-state index is 0.0551. The van der Waals surface area contributed by atoms with Crippen LogP contribution in [0.1, 0.15) is 74.8 Å². The number of carbonyl (C=O) groups is 6. The lowest BCUT2D eigenvalue weighted by Crippen LogP contribution is -2.62. The fraction of sp³-hybridized carbons (Fsp3) is 0.647. The van der Waals surface area contributed by atoms with Crippen LogP contribution < -0.4 is 32.3 Å². The molecule has 1 aromatic carbocycles. The van der Waals surface area contributed by atoms with Crippen LogP contribution >= 0.6 is 0 Å². The number of nitrogens with two attached hydrogens (primary N) is 1. The summed E-state index contributed by atoms with van der Waals surface area (Å²) >= 11 is 0. The predicted octanol–water partition coefficient (Wildman–Crippen LogP) is 1.35. The van der Waals surface area contributed by atoms with E-state index in [2.05, 4.69) is 26.6 Å². The van der Waals surface area contributed by atoms with E-state index in [1.54, 1.807) is 99.6 Å². The maximum Gasteiger partial charge on any atom is 0.326 e. The molecular formula is C34H56N6O7. The van der Waals surface area contributed by atoms with Gasteiger partial charge in [-0.2, -0.15) is 0 Å². The lowest BCUT2D eigenvalue weighted by molar-refractivity contribution is -0.142. The molecule has 0 aliphatic carbocycles. The number of aliphatic carboxylic acids is 1. The second-order valence-corrected chi connectivity index (χ2v) is 13.8. The summed E-state index contributed by atoms with van der Waals surface area (Å²) in [6, 6.07) is 2.65. The van der Waals surface area contributed by atoms with Gasteiger partial charge in [-0.25, -0.2) is 4.79 Å². The largest absolute Gasteiger partial charge is 0.480 e. The molecule has 6 atom stereocenters. The Bertz CT molecular complexity index is 1220. The van der Waals surface area contributed by atoms with Gasteiger partial charge in [0, 0.05) is 6.42 Å².